The summed E-state index contributed by atoms with van der Waals surface area (Å²) < 4.78 is 5.54. The molecule has 4 aliphatic rings. The van der Waals surface area contributed by atoms with Crippen molar-refractivity contribution in [2.45, 2.75) is 96.7 Å². The van der Waals surface area contributed by atoms with Crippen molar-refractivity contribution in [1.29, 1.82) is 0 Å². The van der Waals surface area contributed by atoms with E-state index in [0.29, 0.717) is 29.4 Å². The molecule has 4 rings (SSSR count). The highest BCUT2D eigenvalue weighted by Gasteiger charge is 2.50. The Morgan fingerprint density at radius 2 is 1.91 bits per heavy atom. The highest BCUT2D eigenvalue weighted by molar-refractivity contribution is 5.81. The van der Waals surface area contributed by atoms with Gasteiger partial charge in [-0.3, -0.25) is 0 Å². The number of ether oxygens (including phenoxy) is 1. The molecule has 0 aromatic rings. The van der Waals surface area contributed by atoms with E-state index < -0.39 is 17.7 Å². The Bertz CT molecular complexity index is 810. The molecule has 0 aromatic carbocycles. The molecule has 0 saturated heterocycles. The van der Waals surface area contributed by atoms with Crippen LogP contribution in [0.4, 0.5) is 0 Å². The predicted octanol–water partition coefficient (Wildman–Crippen LogP) is 5.50. The van der Waals surface area contributed by atoms with Crippen molar-refractivity contribution in [3.63, 3.8) is 0 Å². The molecule has 0 radical (unpaired) electrons. The molecule has 0 amide bonds. The average molecular weight is 443 g/mol. The van der Waals surface area contributed by atoms with E-state index in [1.807, 2.05) is 6.08 Å². The van der Waals surface area contributed by atoms with Crippen molar-refractivity contribution in [1.82, 2.24) is 0 Å². The van der Waals surface area contributed by atoms with Crippen LogP contribution < -0.4 is 0 Å². The first-order valence-corrected chi connectivity index (χ1v) is 12.8. The quantitative estimate of drug-likeness (QED) is 0.486. The molecule has 3 saturated carbocycles. The van der Waals surface area contributed by atoms with Crippen LogP contribution in [0.15, 0.2) is 35.5 Å². The van der Waals surface area contributed by atoms with Gasteiger partial charge in [-0.25, -0.2) is 4.79 Å². The number of hydrogen-bond donors (Lipinski definition) is 2. The highest BCUT2D eigenvalue weighted by Crippen LogP contribution is 2.60. The Balaban J connectivity index is 1.69. The summed E-state index contributed by atoms with van der Waals surface area (Å²) in [5, 5.41) is 21.7. The van der Waals surface area contributed by atoms with Crippen LogP contribution >= 0.6 is 0 Å². The molecule has 2 N–H and O–H groups in total. The number of rotatable bonds is 0. The van der Waals surface area contributed by atoms with Crippen LogP contribution in [-0.2, 0) is 9.53 Å². The Labute approximate surface area is 193 Å². The number of allylic oxidation sites excluding steroid dienone is 3. The van der Waals surface area contributed by atoms with Gasteiger partial charge in [0.05, 0.1) is 12.7 Å². The molecule has 6 bridgehead atoms. The zero-order valence-electron chi connectivity index (χ0n) is 20.2. The number of carbonyl (C=O) groups excluding carboxylic acids is 1. The minimum absolute atomic E-state index is 0.0488. The summed E-state index contributed by atoms with van der Waals surface area (Å²) in [7, 11) is 0. The van der Waals surface area contributed by atoms with Crippen LogP contribution in [0.1, 0.15) is 85.0 Å². The lowest BCUT2D eigenvalue weighted by Gasteiger charge is -2.44. The first-order valence-electron chi connectivity index (χ1n) is 12.8. The summed E-state index contributed by atoms with van der Waals surface area (Å²) in [6, 6.07) is 0. The third-order valence-corrected chi connectivity index (χ3v) is 9.29. The third kappa shape index (κ3) is 4.37. The van der Waals surface area contributed by atoms with E-state index in [1.165, 1.54) is 37.7 Å². The zero-order chi connectivity index (χ0) is 23.1. The second-order valence-electron chi connectivity index (χ2n) is 11.6. The number of aliphatic hydroxyl groups excluding tert-OH is 1. The minimum Gasteiger partial charge on any atom is -0.463 e. The van der Waals surface area contributed by atoms with E-state index in [2.05, 4.69) is 33.4 Å². The average Bonchev–Trinajstić information content (AvgIpc) is 3.10. The van der Waals surface area contributed by atoms with Gasteiger partial charge in [-0.1, -0.05) is 57.9 Å². The van der Waals surface area contributed by atoms with E-state index in [9.17, 15) is 15.0 Å². The Kier molecular flexibility index (Phi) is 6.76. The monoisotopic (exact) mass is 442 g/mol. The summed E-state index contributed by atoms with van der Waals surface area (Å²) in [6.07, 6.45) is 13.0. The smallest absolute Gasteiger partial charge is 0.338 e. The fraction of sp³-hybridized carbons (Fsp3) is 0.750. The number of hydrogen-bond acceptors (Lipinski definition) is 4. The molecule has 1 heterocycles. The largest absolute Gasteiger partial charge is 0.463 e. The summed E-state index contributed by atoms with van der Waals surface area (Å²) in [6.45, 7) is 11.5. The molecule has 3 fully saturated rings. The number of aliphatic hydroxyl groups is 2. The molecule has 7 atom stereocenters. The third-order valence-electron chi connectivity index (χ3n) is 9.29. The maximum Gasteiger partial charge on any atom is 0.338 e. The fourth-order valence-electron chi connectivity index (χ4n) is 7.33. The van der Waals surface area contributed by atoms with E-state index >= 15 is 0 Å². The van der Waals surface area contributed by atoms with Gasteiger partial charge in [-0.2, -0.15) is 0 Å². The molecule has 3 aliphatic carbocycles. The molecule has 0 aromatic heterocycles. The number of cyclic esters (lactones) is 1. The van der Waals surface area contributed by atoms with Crippen molar-refractivity contribution in [2.75, 3.05) is 6.61 Å². The van der Waals surface area contributed by atoms with E-state index in [-0.39, 0.29) is 18.8 Å². The van der Waals surface area contributed by atoms with Crippen LogP contribution in [0.3, 0.4) is 0 Å². The zero-order valence-corrected chi connectivity index (χ0v) is 20.2. The molecule has 2 unspecified atom stereocenters. The first-order chi connectivity index (χ1) is 15.1. The van der Waals surface area contributed by atoms with Crippen molar-refractivity contribution >= 4 is 5.97 Å². The maximum absolute atomic E-state index is 12.8. The lowest BCUT2D eigenvalue weighted by Crippen LogP contribution is -2.47. The number of esters is 1. The molecule has 32 heavy (non-hydrogen) atoms. The molecule has 4 heteroatoms. The lowest BCUT2D eigenvalue weighted by atomic mass is 9.60. The molecular weight excluding hydrogens is 400 g/mol. The fourth-order valence-corrected chi connectivity index (χ4v) is 7.33. The van der Waals surface area contributed by atoms with Gasteiger partial charge in [-0.15, -0.1) is 0 Å². The first kappa shape index (κ1) is 23.8. The van der Waals surface area contributed by atoms with Gasteiger partial charge in [0.2, 0.25) is 0 Å². The Morgan fingerprint density at radius 1 is 1.12 bits per heavy atom. The number of fused-ring (bicyclic) bond motifs is 2. The maximum atomic E-state index is 12.8. The van der Waals surface area contributed by atoms with E-state index in [0.717, 1.165) is 30.8 Å². The van der Waals surface area contributed by atoms with Crippen LogP contribution in [-0.4, -0.2) is 34.5 Å². The molecule has 1 aliphatic heterocycles. The van der Waals surface area contributed by atoms with Crippen molar-refractivity contribution < 1.29 is 19.7 Å². The number of carbonyl (C=O) groups is 1. The van der Waals surface area contributed by atoms with Crippen LogP contribution in [0.5, 0.6) is 0 Å². The molecular formula is C28H42O4. The minimum atomic E-state index is -1.69. The van der Waals surface area contributed by atoms with E-state index in [1.54, 1.807) is 0 Å². The van der Waals surface area contributed by atoms with Gasteiger partial charge >= 0.3 is 5.97 Å². The topological polar surface area (TPSA) is 66.8 Å². The molecule has 4 nitrogen and oxygen atoms in total. The van der Waals surface area contributed by atoms with Gasteiger partial charge in [0.25, 0.3) is 0 Å². The molecule has 178 valence electrons. The predicted molar refractivity (Wildman–Crippen MR) is 127 cm³/mol. The van der Waals surface area contributed by atoms with Gasteiger partial charge in [-0.05, 0) is 78.8 Å². The SMILES string of the molecule is C=C1/C2=C\C=C3CCC[C@@]4(C)C3CC[C@@H]4[C@H](C)CCCC(C)COC(=O)[C@@](O)(C2)C[C@@H]1O. The van der Waals surface area contributed by atoms with Crippen molar-refractivity contribution in [3.05, 3.63) is 35.5 Å². The molecule has 0 spiro atoms. The summed E-state index contributed by atoms with van der Waals surface area (Å²) in [5.41, 5.74) is 1.56. The van der Waals surface area contributed by atoms with Crippen molar-refractivity contribution in [3.8, 4) is 0 Å². The van der Waals surface area contributed by atoms with Crippen LogP contribution in [0, 0.1) is 29.1 Å². The Hall–Kier alpha value is -1.39. The second kappa shape index (κ2) is 9.10. The van der Waals surface area contributed by atoms with Gasteiger partial charge in [0.15, 0.2) is 5.60 Å². The highest BCUT2D eigenvalue weighted by atomic mass is 16.5. The normalized spacial score (nSPS) is 45.3. The van der Waals surface area contributed by atoms with Crippen molar-refractivity contribution in [2.24, 2.45) is 29.1 Å². The van der Waals surface area contributed by atoms with Gasteiger partial charge in [0, 0.05) is 12.8 Å². The Morgan fingerprint density at radius 3 is 2.69 bits per heavy atom. The summed E-state index contributed by atoms with van der Waals surface area (Å²) >= 11 is 0. The standard InChI is InChI=1S/C28H42O4/c1-18-7-5-8-19(2)23-12-13-24-21(9-6-14-27(23,24)4)10-11-22-15-28(31,26(30)32-17-18)16-25(29)20(22)3/h10-11,18-19,23-25,29,31H,3,5-9,12-17H2,1-2,4H3/b21-10?,22-11-/t18?,19-,23-,24?,25+,27-,28-/m1/s1. The summed E-state index contributed by atoms with van der Waals surface area (Å²) in [5.74, 6) is 1.74. The lowest BCUT2D eigenvalue weighted by molar-refractivity contribution is -0.170. The van der Waals surface area contributed by atoms with Gasteiger partial charge < -0.3 is 14.9 Å². The summed E-state index contributed by atoms with van der Waals surface area (Å²) in [4.78, 5) is 12.8. The van der Waals surface area contributed by atoms with E-state index in [4.69, 9.17) is 4.74 Å². The second-order valence-corrected chi connectivity index (χ2v) is 11.6. The van der Waals surface area contributed by atoms with Crippen LogP contribution in [0.2, 0.25) is 0 Å². The van der Waals surface area contributed by atoms with Gasteiger partial charge in [0.1, 0.15) is 0 Å². The van der Waals surface area contributed by atoms with Crippen LogP contribution in [0.25, 0.3) is 0 Å².